The molecule has 5 nitrogen and oxygen atoms in total. The number of nitro groups is 1. The van der Waals surface area contributed by atoms with Gasteiger partial charge in [-0.25, -0.2) is 0 Å². The van der Waals surface area contributed by atoms with E-state index in [9.17, 15) is 14.9 Å². The molecule has 0 aromatic heterocycles. The lowest BCUT2D eigenvalue weighted by Crippen LogP contribution is -2.26. The second kappa shape index (κ2) is 9.15. The van der Waals surface area contributed by atoms with Gasteiger partial charge in [0.15, 0.2) is 0 Å². The summed E-state index contributed by atoms with van der Waals surface area (Å²) >= 11 is 5.81. The van der Waals surface area contributed by atoms with Crippen molar-refractivity contribution in [2.75, 3.05) is 6.54 Å². The Kier molecular flexibility index (Phi) is 6.40. The first-order valence-electron chi connectivity index (χ1n) is 8.88. The molecule has 0 fully saturated rings. The van der Waals surface area contributed by atoms with Crippen LogP contribution in [-0.4, -0.2) is 17.4 Å². The highest BCUT2D eigenvalue weighted by atomic mass is 35.5. The first-order valence-corrected chi connectivity index (χ1v) is 9.26. The van der Waals surface area contributed by atoms with Crippen molar-refractivity contribution in [1.29, 1.82) is 0 Å². The Balaban J connectivity index is 1.73. The lowest BCUT2D eigenvalue weighted by atomic mass is 9.88. The van der Waals surface area contributed by atoms with E-state index >= 15 is 0 Å². The first-order chi connectivity index (χ1) is 13.6. The zero-order valence-corrected chi connectivity index (χ0v) is 15.8. The van der Waals surface area contributed by atoms with E-state index in [4.69, 9.17) is 11.6 Å². The number of hydrogen-bond acceptors (Lipinski definition) is 3. The van der Waals surface area contributed by atoms with Crippen molar-refractivity contribution < 1.29 is 9.72 Å². The minimum absolute atomic E-state index is 0.00497. The van der Waals surface area contributed by atoms with E-state index in [0.29, 0.717) is 13.0 Å². The minimum Gasteiger partial charge on any atom is -0.352 e. The third-order valence-corrected chi connectivity index (χ3v) is 4.76. The molecule has 0 heterocycles. The summed E-state index contributed by atoms with van der Waals surface area (Å²) in [6, 6.07) is 24.2. The smallest absolute Gasteiger partial charge is 0.283 e. The fraction of sp³-hybridized carbons (Fsp3) is 0.136. The summed E-state index contributed by atoms with van der Waals surface area (Å²) in [6.45, 7) is 0.382. The molecule has 6 heteroatoms. The standard InChI is InChI=1S/C22H19ClN2O3/c23-18-11-12-20(21(15-18)25(27)28)22(26)24-14-13-19(16-7-3-1-4-8-16)17-9-5-2-6-10-17/h1-12,15,19H,13-14H2,(H,24,26). The van der Waals surface area contributed by atoms with Gasteiger partial charge >= 0.3 is 0 Å². The number of benzene rings is 3. The Labute approximate surface area is 168 Å². The number of nitro benzene ring substituents is 1. The average Bonchev–Trinajstić information content (AvgIpc) is 2.72. The van der Waals surface area contributed by atoms with Crippen LogP contribution in [0.15, 0.2) is 78.9 Å². The second-order valence-electron chi connectivity index (χ2n) is 6.34. The molecule has 0 aliphatic heterocycles. The number of rotatable bonds is 7. The van der Waals surface area contributed by atoms with Crippen LogP contribution < -0.4 is 5.32 Å². The molecule has 3 aromatic carbocycles. The van der Waals surface area contributed by atoms with Crippen LogP contribution in [0, 0.1) is 10.1 Å². The lowest BCUT2D eigenvalue weighted by molar-refractivity contribution is -0.385. The summed E-state index contributed by atoms with van der Waals surface area (Å²) in [5.41, 5.74) is 2.01. The molecule has 0 saturated heterocycles. The predicted octanol–water partition coefficient (Wildman–Crippen LogP) is 5.20. The van der Waals surface area contributed by atoms with Crippen molar-refractivity contribution >= 4 is 23.2 Å². The predicted molar refractivity (Wildman–Crippen MR) is 110 cm³/mol. The van der Waals surface area contributed by atoms with E-state index in [-0.39, 0.29) is 22.2 Å². The van der Waals surface area contributed by atoms with Crippen LogP contribution in [0.1, 0.15) is 33.8 Å². The maximum Gasteiger partial charge on any atom is 0.283 e. The molecule has 0 aliphatic rings. The Morgan fingerprint density at radius 2 is 1.54 bits per heavy atom. The van der Waals surface area contributed by atoms with Gasteiger partial charge in [0.2, 0.25) is 0 Å². The second-order valence-corrected chi connectivity index (χ2v) is 6.77. The summed E-state index contributed by atoms with van der Waals surface area (Å²) in [7, 11) is 0. The molecule has 142 valence electrons. The van der Waals surface area contributed by atoms with Gasteiger partial charge in [-0.15, -0.1) is 0 Å². The fourth-order valence-electron chi connectivity index (χ4n) is 3.17. The minimum atomic E-state index is -0.600. The van der Waals surface area contributed by atoms with Crippen molar-refractivity contribution in [1.82, 2.24) is 5.32 Å². The summed E-state index contributed by atoms with van der Waals surface area (Å²) in [6.07, 6.45) is 0.668. The summed E-state index contributed by atoms with van der Waals surface area (Å²) in [5.74, 6) is -0.369. The summed E-state index contributed by atoms with van der Waals surface area (Å²) in [4.78, 5) is 23.1. The molecule has 3 rings (SSSR count). The van der Waals surface area contributed by atoms with Crippen LogP contribution in [0.4, 0.5) is 5.69 Å². The number of halogens is 1. The van der Waals surface area contributed by atoms with Gasteiger partial charge in [0.1, 0.15) is 5.56 Å². The van der Waals surface area contributed by atoms with Gasteiger partial charge < -0.3 is 5.32 Å². The normalized spacial score (nSPS) is 10.6. The molecular formula is C22H19ClN2O3. The van der Waals surface area contributed by atoms with Gasteiger partial charge in [0, 0.05) is 23.6 Å². The zero-order valence-electron chi connectivity index (χ0n) is 15.0. The van der Waals surface area contributed by atoms with Gasteiger partial charge in [-0.3, -0.25) is 14.9 Å². The maximum absolute atomic E-state index is 12.5. The highest BCUT2D eigenvalue weighted by molar-refractivity contribution is 6.31. The first kappa shape index (κ1) is 19.6. The van der Waals surface area contributed by atoms with E-state index in [1.54, 1.807) is 0 Å². The van der Waals surface area contributed by atoms with Crippen LogP contribution in [0.25, 0.3) is 0 Å². The highest BCUT2D eigenvalue weighted by Gasteiger charge is 2.21. The van der Waals surface area contributed by atoms with Gasteiger partial charge in [-0.1, -0.05) is 72.3 Å². The molecular weight excluding hydrogens is 376 g/mol. The number of nitrogens with one attached hydrogen (secondary N) is 1. The van der Waals surface area contributed by atoms with Gasteiger partial charge in [0.05, 0.1) is 4.92 Å². The van der Waals surface area contributed by atoms with E-state index in [1.165, 1.54) is 18.2 Å². The molecule has 1 amide bonds. The van der Waals surface area contributed by atoms with Gasteiger partial charge in [-0.2, -0.15) is 0 Å². The van der Waals surface area contributed by atoms with Crippen LogP contribution in [-0.2, 0) is 0 Å². The van der Waals surface area contributed by atoms with Crippen molar-refractivity contribution in [2.45, 2.75) is 12.3 Å². The zero-order chi connectivity index (χ0) is 19.9. The van der Waals surface area contributed by atoms with E-state index in [2.05, 4.69) is 29.6 Å². The number of carbonyl (C=O) groups excluding carboxylic acids is 1. The third-order valence-electron chi connectivity index (χ3n) is 4.52. The van der Waals surface area contributed by atoms with Crippen LogP contribution in [0.2, 0.25) is 5.02 Å². The SMILES string of the molecule is O=C(NCCC(c1ccccc1)c1ccccc1)c1ccc(Cl)cc1[N+](=O)[O-]. The Bertz CT molecular complexity index is 923. The van der Waals surface area contributed by atoms with Crippen LogP contribution in [0.5, 0.6) is 0 Å². The number of amides is 1. The Morgan fingerprint density at radius 3 is 2.07 bits per heavy atom. The number of nitrogens with zero attached hydrogens (tertiary/aromatic N) is 1. The number of carbonyl (C=O) groups is 1. The molecule has 0 radical (unpaired) electrons. The van der Waals surface area contributed by atoms with Crippen LogP contribution in [0.3, 0.4) is 0 Å². The van der Waals surface area contributed by atoms with E-state index in [0.717, 1.165) is 11.1 Å². The van der Waals surface area contributed by atoms with Crippen molar-refractivity contribution in [3.8, 4) is 0 Å². The molecule has 0 saturated carbocycles. The molecule has 0 atom stereocenters. The van der Waals surface area contributed by atoms with E-state index in [1.807, 2.05) is 36.4 Å². The molecule has 3 aromatic rings. The molecule has 0 bridgehead atoms. The monoisotopic (exact) mass is 394 g/mol. The Hall–Kier alpha value is -3.18. The maximum atomic E-state index is 12.5. The van der Waals surface area contributed by atoms with Crippen molar-refractivity contribution in [2.24, 2.45) is 0 Å². The quantitative estimate of drug-likeness (QED) is 0.442. The third kappa shape index (κ3) is 4.75. The van der Waals surface area contributed by atoms with Gasteiger partial charge in [-0.05, 0) is 29.7 Å². The van der Waals surface area contributed by atoms with E-state index < -0.39 is 10.8 Å². The average molecular weight is 395 g/mol. The molecule has 0 unspecified atom stereocenters. The molecule has 0 spiro atoms. The molecule has 1 N–H and O–H groups in total. The van der Waals surface area contributed by atoms with Gasteiger partial charge in [0.25, 0.3) is 11.6 Å². The fourth-order valence-corrected chi connectivity index (χ4v) is 3.34. The highest BCUT2D eigenvalue weighted by Crippen LogP contribution is 2.28. The van der Waals surface area contributed by atoms with Crippen molar-refractivity contribution in [3.05, 3.63) is 111 Å². The lowest BCUT2D eigenvalue weighted by Gasteiger charge is -2.18. The molecule has 28 heavy (non-hydrogen) atoms. The topological polar surface area (TPSA) is 72.2 Å². The van der Waals surface area contributed by atoms with Crippen LogP contribution >= 0.6 is 11.6 Å². The summed E-state index contributed by atoms with van der Waals surface area (Å²) in [5, 5.41) is 14.2. The largest absolute Gasteiger partial charge is 0.352 e. The van der Waals surface area contributed by atoms with Crippen molar-refractivity contribution in [3.63, 3.8) is 0 Å². The molecule has 0 aliphatic carbocycles. The number of hydrogen-bond donors (Lipinski definition) is 1. The summed E-state index contributed by atoms with van der Waals surface area (Å²) < 4.78 is 0. The Morgan fingerprint density at radius 1 is 0.964 bits per heavy atom.